The largest absolute Gasteiger partial charge is 0.393 e. The van der Waals surface area contributed by atoms with Crippen LogP contribution in [0.4, 0.5) is 11.6 Å². The molecular weight excluding hydrogens is 416 g/mol. The van der Waals surface area contributed by atoms with Crippen LogP contribution in [0.25, 0.3) is 22.2 Å². The Balaban J connectivity index is 1.37. The minimum Gasteiger partial charge on any atom is -0.393 e. The lowest BCUT2D eigenvalue weighted by Crippen LogP contribution is -2.38. The minimum atomic E-state index is -0.243. The van der Waals surface area contributed by atoms with Crippen molar-refractivity contribution in [3.8, 4) is 11.1 Å². The van der Waals surface area contributed by atoms with Crippen molar-refractivity contribution in [1.29, 1.82) is 0 Å². The number of nitrogen functional groups attached to an aromatic ring is 1. The molecule has 1 saturated carbocycles. The van der Waals surface area contributed by atoms with Crippen molar-refractivity contribution in [3.05, 3.63) is 24.3 Å². The number of piperidine rings is 1. The zero-order valence-corrected chi connectivity index (χ0v) is 19.0. The Labute approximate surface area is 193 Å². The van der Waals surface area contributed by atoms with Gasteiger partial charge in [-0.15, -0.1) is 0 Å². The lowest BCUT2D eigenvalue weighted by Gasteiger charge is -2.29. The topological polar surface area (TPSA) is 127 Å². The highest BCUT2D eigenvalue weighted by Crippen LogP contribution is 2.36. The van der Waals surface area contributed by atoms with Gasteiger partial charge in [0.1, 0.15) is 16.9 Å². The first-order chi connectivity index (χ1) is 16.1. The van der Waals surface area contributed by atoms with Gasteiger partial charge in [0.05, 0.1) is 24.0 Å². The van der Waals surface area contributed by atoms with Gasteiger partial charge in [-0.3, -0.25) is 4.68 Å². The SMILES string of the molecule is CCc1nc2c(N)ncc(-c3cnn([C@H]4C[C@H]5CC[C@@H](C4)N5)c3)c2nc1N[C@@H]1CC[C@H](O)C1. The Bertz CT molecular complexity index is 1160. The molecule has 174 valence electrons. The summed E-state index contributed by atoms with van der Waals surface area (Å²) < 4.78 is 2.12. The van der Waals surface area contributed by atoms with Crippen molar-refractivity contribution < 1.29 is 5.11 Å². The van der Waals surface area contributed by atoms with Crippen LogP contribution in [0.1, 0.15) is 63.6 Å². The molecule has 5 N–H and O–H groups in total. The van der Waals surface area contributed by atoms with Crippen LogP contribution < -0.4 is 16.4 Å². The number of fused-ring (bicyclic) bond motifs is 3. The lowest BCUT2D eigenvalue weighted by molar-refractivity contribution is 0.182. The molecule has 0 unspecified atom stereocenters. The second-order valence-corrected chi connectivity index (χ2v) is 9.91. The Kier molecular flexibility index (Phi) is 5.18. The summed E-state index contributed by atoms with van der Waals surface area (Å²) >= 11 is 0. The summed E-state index contributed by atoms with van der Waals surface area (Å²) in [5, 5.41) is 21.9. The van der Waals surface area contributed by atoms with Crippen molar-refractivity contribution in [2.45, 2.75) is 88.6 Å². The molecule has 3 aromatic heterocycles. The number of rotatable bonds is 5. The molecule has 1 aliphatic carbocycles. The Hall–Kier alpha value is -2.78. The molecule has 0 radical (unpaired) electrons. The van der Waals surface area contributed by atoms with Crippen LogP contribution in [0.3, 0.4) is 0 Å². The van der Waals surface area contributed by atoms with Crippen molar-refractivity contribution in [2.24, 2.45) is 0 Å². The average Bonchev–Trinajstić information content (AvgIpc) is 3.54. The van der Waals surface area contributed by atoms with Gasteiger partial charge in [0.25, 0.3) is 0 Å². The van der Waals surface area contributed by atoms with Crippen LogP contribution >= 0.6 is 0 Å². The lowest BCUT2D eigenvalue weighted by atomic mass is 10.00. The van der Waals surface area contributed by atoms with Crippen LogP contribution in [0.5, 0.6) is 0 Å². The normalized spacial score (nSPS) is 29.1. The molecule has 0 spiro atoms. The molecule has 3 aliphatic rings. The summed E-state index contributed by atoms with van der Waals surface area (Å²) in [6, 6.07) is 1.86. The number of pyridine rings is 1. The number of aliphatic hydroxyl groups is 1. The van der Waals surface area contributed by atoms with Gasteiger partial charge >= 0.3 is 0 Å². The maximum Gasteiger partial charge on any atom is 0.151 e. The molecule has 2 saturated heterocycles. The number of nitrogens with one attached hydrogen (secondary N) is 2. The molecule has 2 aliphatic heterocycles. The van der Waals surface area contributed by atoms with Crippen LogP contribution in [-0.2, 0) is 6.42 Å². The summed E-state index contributed by atoms with van der Waals surface area (Å²) in [5.41, 5.74) is 10.3. The van der Waals surface area contributed by atoms with E-state index >= 15 is 0 Å². The van der Waals surface area contributed by atoms with Gasteiger partial charge < -0.3 is 21.5 Å². The predicted octanol–water partition coefficient (Wildman–Crippen LogP) is 2.81. The first kappa shape index (κ1) is 20.8. The third-order valence-electron chi connectivity index (χ3n) is 7.61. The minimum absolute atomic E-state index is 0.206. The van der Waals surface area contributed by atoms with Gasteiger partial charge in [0.2, 0.25) is 0 Å². The molecule has 5 heterocycles. The number of nitrogens with zero attached hydrogens (tertiary/aromatic N) is 5. The number of aromatic nitrogens is 5. The van der Waals surface area contributed by atoms with E-state index in [-0.39, 0.29) is 12.1 Å². The van der Waals surface area contributed by atoms with E-state index in [9.17, 15) is 5.11 Å². The summed E-state index contributed by atoms with van der Waals surface area (Å²) in [4.78, 5) is 14.3. The molecule has 3 fully saturated rings. The van der Waals surface area contributed by atoms with Crippen molar-refractivity contribution >= 4 is 22.7 Å². The maximum atomic E-state index is 9.94. The third kappa shape index (κ3) is 3.83. The van der Waals surface area contributed by atoms with Crippen LogP contribution in [-0.4, -0.2) is 54.1 Å². The molecule has 2 bridgehead atoms. The smallest absolute Gasteiger partial charge is 0.151 e. The highest BCUT2D eigenvalue weighted by Gasteiger charge is 2.34. The fourth-order valence-corrected chi connectivity index (χ4v) is 5.87. The van der Waals surface area contributed by atoms with E-state index in [1.165, 1.54) is 12.8 Å². The number of anilines is 2. The van der Waals surface area contributed by atoms with Crippen molar-refractivity contribution in [3.63, 3.8) is 0 Å². The molecule has 0 amide bonds. The Morgan fingerprint density at radius 1 is 1.09 bits per heavy atom. The van der Waals surface area contributed by atoms with E-state index in [0.717, 1.165) is 66.7 Å². The molecule has 5 atom stereocenters. The van der Waals surface area contributed by atoms with E-state index in [4.69, 9.17) is 20.8 Å². The zero-order chi connectivity index (χ0) is 22.5. The molecule has 3 aromatic rings. The fourth-order valence-electron chi connectivity index (χ4n) is 5.87. The van der Waals surface area contributed by atoms with E-state index in [1.54, 1.807) is 6.20 Å². The summed E-state index contributed by atoms with van der Waals surface area (Å²) in [6.07, 6.45) is 13.6. The summed E-state index contributed by atoms with van der Waals surface area (Å²) in [6.45, 7) is 2.06. The number of hydrogen-bond acceptors (Lipinski definition) is 8. The molecule has 33 heavy (non-hydrogen) atoms. The quantitative estimate of drug-likeness (QED) is 0.469. The van der Waals surface area contributed by atoms with Crippen LogP contribution in [0, 0.1) is 0 Å². The highest BCUT2D eigenvalue weighted by molar-refractivity contribution is 5.96. The highest BCUT2D eigenvalue weighted by atomic mass is 16.3. The maximum absolute atomic E-state index is 9.94. The zero-order valence-electron chi connectivity index (χ0n) is 19.0. The van der Waals surface area contributed by atoms with E-state index in [0.29, 0.717) is 29.5 Å². The Morgan fingerprint density at radius 2 is 1.91 bits per heavy atom. The Morgan fingerprint density at radius 3 is 2.64 bits per heavy atom. The van der Waals surface area contributed by atoms with Crippen LogP contribution in [0.2, 0.25) is 0 Å². The molecule has 9 nitrogen and oxygen atoms in total. The monoisotopic (exact) mass is 448 g/mol. The number of aryl methyl sites for hydroxylation is 1. The number of aliphatic hydroxyl groups excluding tert-OH is 1. The first-order valence-electron chi connectivity index (χ1n) is 12.3. The van der Waals surface area contributed by atoms with Crippen molar-refractivity contribution in [2.75, 3.05) is 11.1 Å². The van der Waals surface area contributed by atoms with Gasteiger partial charge in [-0.05, 0) is 51.4 Å². The van der Waals surface area contributed by atoms with Crippen LogP contribution in [0.15, 0.2) is 18.6 Å². The summed E-state index contributed by atoms with van der Waals surface area (Å²) in [7, 11) is 0. The third-order valence-corrected chi connectivity index (χ3v) is 7.61. The molecule has 9 heteroatoms. The van der Waals surface area contributed by atoms with E-state index in [2.05, 4.69) is 33.4 Å². The first-order valence-corrected chi connectivity index (χ1v) is 12.3. The fraction of sp³-hybridized carbons (Fsp3) is 0.583. The van der Waals surface area contributed by atoms with E-state index in [1.807, 2.05) is 6.20 Å². The van der Waals surface area contributed by atoms with Gasteiger partial charge in [0, 0.05) is 41.6 Å². The van der Waals surface area contributed by atoms with Gasteiger partial charge in [-0.25, -0.2) is 15.0 Å². The van der Waals surface area contributed by atoms with Crippen molar-refractivity contribution in [1.82, 2.24) is 30.0 Å². The molecule has 6 rings (SSSR count). The average molecular weight is 449 g/mol. The second kappa shape index (κ2) is 8.22. The van der Waals surface area contributed by atoms with Gasteiger partial charge in [-0.2, -0.15) is 5.10 Å². The van der Waals surface area contributed by atoms with Gasteiger partial charge in [0.15, 0.2) is 5.82 Å². The summed E-state index contributed by atoms with van der Waals surface area (Å²) in [5.74, 6) is 1.17. The number of hydrogen-bond donors (Lipinski definition) is 4. The number of nitrogens with two attached hydrogens (primary N) is 1. The predicted molar refractivity (Wildman–Crippen MR) is 128 cm³/mol. The van der Waals surface area contributed by atoms with E-state index < -0.39 is 0 Å². The standard InChI is InChI=1S/C24H32N8O/c1-2-20-24(29-16-5-6-18(33)9-16)31-21-19(11-26-23(25)22(21)30-20)13-10-27-32(12-13)17-7-14-3-4-15(8-17)28-14/h10-12,14-18,28,33H,2-9H2,1H3,(H2,25,26)(H,29,31)/t14-,15+,16-,17+,18+/m1/s1. The van der Waals surface area contributed by atoms with Gasteiger partial charge in [-0.1, -0.05) is 6.92 Å². The molecular formula is C24H32N8O. The second-order valence-electron chi connectivity index (χ2n) is 9.91. The molecule has 0 aromatic carbocycles.